The van der Waals surface area contributed by atoms with Crippen LogP contribution in [0, 0.1) is 5.92 Å². The number of nitrogens with zero attached hydrogens (tertiary/aromatic N) is 5. The van der Waals surface area contributed by atoms with Crippen molar-refractivity contribution in [3.8, 4) is 22.9 Å². The van der Waals surface area contributed by atoms with Gasteiger partial charge in [0.2, 0.25) is 0 Å². The summed E-state index contributed by atoms with van der Waals surface area (Å²) in [6, 6.07) is 24.5. The minimum atomic E-state index is -0.831. The third-order valence-electron chi connectivity index (χ3n) is 8.98. The van der Waals surface area contributed by atoms with E-state index in [0.717, 1.165) is 55.7 Å². The summed E-state index contributed by atoms with van der Waals surface area (Å²) in [5.41, 5.74) is 6.62. The molecule has 1 N–H and O–H groups in total. The first-order chi connectivity index (χ1) is 20.9. The molecule has 1 aliphatic heterocycles. The Labute approximate surface area is 246 Å². The highest BCUT2D eigenvalue weighted by Crippen LogP contribution is 2.67. The molecular weight excluding hydrogens is 542 g/mol. The number of fused-ring (bicyclic) bond motifs is 9. The summed E-state index contributed by atoms with van der Waals surface area (Å²) >= 11 is 0. The number of methoxy groups -OCH3 is 1. The standard InChI is InChI=1S/C34H27N5O4/c1-34-25-13-19(7-11-24(25)21-15-35-33(42-2)36-16-21)17-39-28-12-10-23(14-27(28)38-31(39)29(34)30(34)32(40)41)43-18-22-9-8-20-5-3-4-6-26(20)37-22/h3-16,29-30H,17-18H2,1-2H3,(H,40,41). The zero-order valence-electron chi connectivity index (χ0n) is 23.6. The minimum Gasteiger partial charge on any atom is -0.487 e. The van der Waals surface area contributed by atoms with Gasteiger partial charge in [-0.3, -0.25) is 4.79 Å². The van der Waals surface area contributed by atoms with Gasteiger partial charge in [0.05, 0.1) is 35.3 Å². The molecule has 6 aromatic rings. The number of para-hydroxylation sites is 1. The smallest absolute Gasteiger partial charge is 0.316 e. The summed E-state index contributed by atoms with van der Waals surface area (Å²) in [6.45, 7) is 2.94. The molecule has 0 amide bonds. The maximum Gasteiger partial charge on any atom is 0.316 e. The normalized spacial score (nSPS) is 20.1. The molecule has 9 nitrogen and oxygen atoms in total. The highest BCUT2D eigenvalue weighted by Gasteiger charge is 2.69. The number of hydrogen-bond donors (Lipinski definition) is 1. The maximum absolute atomic E-state index is 12.7. The maximum atomic E-state index is 12.7. The van der Waals surface area contributed by atoms with E-state index in [4.69, 9.17) is 19.4 Å². The van der Waals surface area contributed by atoms with E-state index in [1.54, 1.807) is 12.4 Å². The number of pyridine rings is 1. The molecule has 0 saturated heterocycles. The average Bonchev–Trinajstić information content (AvgIpc) is 3.53. The molecule has 3 unspecified atom stereocenters. The summed E-state index contributed by atoms with van der Waals surface area (Å²) < 4.78 is 13.4. The van der Waals surface area contributed by atoms with Gasteiger partial charge in [0.1, 0.15) is 18.2 Å². The molecule has 0 radical (unpaired) electrons. The van der Waals surface area contributed by atoms with Gasteiger partial charge >= 0.3 is 12.0 Å². The van der Waals surface area contributed by atoms with Crippen molar-refractivity contribution < 1.29 is 19.4 Å². The lowest BCUT2D eigenvalue weighted by molar-refractivity contribution is -0.139. The van der Waals surface area contributed by atoms with Crippen LogP contribution in [0.3, 0.4) is 0 Å². The van der Waals surface area contributed by atoms with Gasteiger partial charge < -0.3 is 19.1 Å². The van der Waals surface area contributed by atoms with E-state index in [-0.39, 0.29) is 11.9 Å². The van der Waals surface area contributed by atoms with Crippen molar-refractivity contribution >= 4 is 27.9 Å². The molecular formula is C34H27N5O4. The van der Waals surface area contributed by atoms with Gasteiger partial charge in [-0.25, -0.2) is 19.9 Å². The van der Waals surface area contributed by atoms with Crippen molar-refractivity contribution in [3.05, 3.63) is 108 Å². The summed E-state index contributed by atoms with van der Waals surface area (Å²) in [5, 5.41) is 11.5. The lowest BCUT2D eigenvalue weighted by Crippen LogP contribution is -2.16. The number of aliphatic carboxylic acids is 1. The average molecular weight is 570 g/mol. The van der Waals surface area contributed by atoms with E-state index in [9.17, 15) is 9.90 Å². The Morgan fingerprint density at radius 1 is 1.00 bits per heavy atom. The number of imidazole rings is 1. The molecule has 1 fully saturated rings. The van der Waals surface area contributed by atoms with Crippen molar-refractivity contribution in [2.75, 3.05) is 7.11 Å². The fourth-order valence-corrected chi connectivity index (χ4v) is 6.76. The molecule has 9 heteroatoms. The van der Waals surface area contributed by atoms with Crippen LogP contribution in [0.4, 0.5) is 0 Å². The Kier molecular flexibility index (Phi) is 5.53. The van der Waals surface area contributed by atoms with Crippen LogP contribution >= 0.6 is 0 Å². The molecule has 3 aromatic heterocycles. The number of carbonyl (C=O) groups is 1. The molecule has 43 heavy (non-hydrogen) atoms. The second-order valence-corrected chi connectivity index (χ2v) is 11.4. The number of carboxylic acid groups (broad SMARTS) is 1. The topological polar surface area (TPSA) is 112 Å². The number of ether oxygens (including phenoxy) is 2. The van der Waals surface area contributed by atoms with Gasteiger partial charge in [-0.15, -0.1) is 0 Å². The fraction of sp³-hybridized carbons (Fsp3) is 0.206. The van der Waals surface area contributed by atoms with Gasteiger partial charge in [-0.05, 0) is 41.0 Å². The predicted molar refractivity (Wildman–Crippen MR) is 160 cm³/mol. The van der Waals surface area contributed by atoms with E-state index < -0.39 is 17.3 Å². The quantitative estimate of drug-likeness (QED) is 0.270. The van der Waals surface area contributed by atoms with Gasteiger partial charge in [0.15, 0.2) is 0 Å². The lowest BCUT2D eigenvalue weighted by atomic mass is 9.85. The third kappa shape index (κ3) is 3.95. The second kappa shape index (κ2) is 9.35. The monoisotopic (exact) mass is 569 g/mol. The second-order valence-electron chi connectivity index (χ2n) is 11.4. The zero-order valence-corrected chi connectivity index (χ0v) is 23.6. The van der Waals surface area contributed by atoms with Gasteiger partial charge in [0, 0.05) is 47.3 Å². The fourth-order valence-electron chi connectivity index (χ4n) is 6.76. The summed E-state index contributed by atoms with van der Waals surface area (Å²) in [4.78, 5) is 31.0. The molecule has 212 valence electrons. The van der Waals surface area contributed by atoms with Crippen LogP contribution < -0.4 is 9.47 Å². The van der Waals surface area contributed by atoms with E-state index in [1.807, 2.05) is 67.6 Å². The Hall–Kier alpha value is -5.31. The van der Waals surface area contributed by atoms with Gasteiger partial charge in [0.25, 0.3) is 0 Å². The molecule has 3 atom stereocenters. The number of hydrogen-bond acceptors (Lipinski definition) is 7. The summed E-state index contributed by atoms with van der Waals surface area (Å²) in [5.74, 6) is -0.283. The molecule has 8 rings (SSSR count). The summed E-state index contributed by atoms with van der Waals surface area (Å²) in [7, 11) is 1.53. The van der Waals surface area contributed by atoms with E-state index >= 15 is 0 Å². The Morgan fingerprint density at radius 2 is 1.84 bits per heavy atom. The van der Waals surface area contributed by atoms with Crippen molar-refractivity contribution in [1.82, 2.24) is 24.5 Å². The zero-order chi connectivity index (χ0) is 29.3. The first kappa shape index (κ1) is 25.4. The molecule has 2 aliphatic rings. The van der Waals surface area contributed by atoms with Crippen molar-refractivity contribution in [3.63, 3.8) is 0 Å². The van der Waals surface area contributed by atoms with E-state index in [2.05, 4.69) is 26.7 Å². The van der Waals surface area contributed by atoms with Crippen molar-refractivity contribution in [2.24, 2.45) is 5.92 Å². The van der Waals surface area contributed by atoms with E-state index in [1.165, 1.54) is 7.11 Å². The van der Waals surface area contributed by atoms with Crippen LogP contribution in [0.5, 0.6) is 11.8 Å². The van der Waals surface area contributed by atoms with Crippen molar-refractivity contribution in [1.29, 1.82) is 0 Å². The highest BCUT2D eigenvalue weighted by molar-refractivity contribution is 5.85. The van der Waals surface area contributed by atoms with Crippen LogP contribution in [0.15, 0.2) is 85.2 Å². The van der Waals surface area contributed by atoms with Crippen LogP contribution in [-0.2, 0) is 23.4 Å². The number of benzene rings is 3. The van der Waals surface area contributed by atoms with Gasteiger partial charge in [-0.1, -0.05) is 49.4 Å². The Balaban J connectivity index is 1.16. The number of aromatic nitrogens is 5. The molecule has 1 aliphatic carbocycles. The molecule has 2 bridgehead atoms. The van der Waals surface area contributed by atoms with Crippen LogP contribution in [0.1, 0.15) is 35.5 Å². The first-order valence-corrected chi connectivity index (χ1v) is 14.1. The van der Waals surface area contributed by atoms with Crippen LogP contribution in [0.2, 0.25) is 0 Å². The lowest BCUT2D eigenvalue weighted by Gasteiger charge is -2.22. The molecule has 1 saturated carbocycles. The summed E-state index contributed by atoms with van der Waals surface area (Å²) in [6.07, 6.45) is 3.44. The van der Waals surface area contributed by atoms with Crippen molar-refractivity contribution in [2.45, 2.75) is 31.4 Å². The minimum absolute atomic E-state index is 0.285. The Bertz CT molecular complexity index is 2070. The van der Waals surface area contributed by atoms with Crippen LogP contribution in [0.25, 0.3) is 33.1 Å². The third-order valence-corrected chi connectivity index (χ3v) is 8.98. The largest absolute Gasteiger partial charge is 0.487 e. The number of carboxylic acids is 1. The Morgan fingerprint density at radius 3 is 2.65 bits per heavy atom. The number of rotatable bonds is 6. The molecule has 3 aromatic carbocycles. The first-order valence-electron chi connectivity index (χ1n) is 14.1. The molecule has 0 spiro atoms. The SMILES string of the molecule is COc1ncc(-c2ccc3cc2C2(C)C(C(=O)O)C2c2nc4cc(OCc5ccc6ccccc6n5)ccc4n2C3)cn1. The van der Waals surface area contributed by atoms with Gasteiger partial charge in [-0.2, -0.15) is 0 Å². The van der Waals surface area contributed by atoms with Crippen LogP contribution in [-0.4, -0.2) is 42.7 Å². The van der Waals surface area contributed by atoms with E-state index in [0.29, 0.717) is 18.9 Å². The highest BCUT2D eigenvalue weighted by atomic mass is 16.5. The molecule has 4 heterocycles. The predicted octanol–water partition coefficient (Wildman–Crippen LogP) is 5.75.